The van der Waals surface area contributed by atoms with Crippen molar-refractivity contribution in [1.82, 2.24) is 10.6 Å². The maximum absolute atomic E-state index is 12.1. The molecule has 3 N–H and O–H groups in total. The number of carbonyl (C=O) groups is 3. The summed E-state index contributed by atoms with van der Waals surface area (Å²) in [6.45, 7) is 3.18. The summed E-state index contributed by atoms with van der Waals surface area (Å²) in [5.74, 6) is -1.02. The second-order valence-corrected chi connectivity index (χ2v) is 5.81. The number of aromatic hydroxyl groups is 1. The largest absolute Gasteiger partial charge is 0.504 e. The van der Waals surface area contributed by atoms with Gasteiger partial charge >= 0.3 is 18.0 Å². The van der Waals surface area contributed by atoms with Crippen LogP contribution in [0.4, 0.5) is 4.79 Å². The molecule has 1 aliphatic rings. The summed E-state index contributed by atoms with van der Waals surface area (Å²) in [6.07, 6.45) is 2.66. The molecule has 28 heavy (non-hydrogen) atoms. The van der Waals surface area contributed by atoms with E-state index in [0.717, 1.165) is 0 Å². The van der Waals surface area contributed by atoms with Crippen LogP contribution in [0.5, 0.6) is 11.5 Å². The summed E-state index contributed by atoms with van der Waals surface area (Å²) in [4.78, 5) is 35.8. The lowest BCUT2D eigenvalue weighted by atomic mass is 10.0. The van der Waals surface area contributed by atoms with Crippen molar-refractivity contribution in [3.8, 4) is 11.5 Å². The number of carbonyl (C=O) groups excluding carboxylic acids is 3. The highest BCUT2D eigenvalue weighted by Gasteiger charge is 2.30. The van der Waals surface area contributed by atoms with Crippen molar-refractivity contribution in [2.45, 2.75) is 19.9 Å². The first-order chi connectivity index (χ1) is 13.3. The highest BCUT2D eigenvalue weighted by atomic mass is 16.5. The molecular weight excluding hydrogens is 368 g/mol. The fraction of sp³-hybridized carbons (Fsp3) is 0.316. The number of phenolic OH excluding ortho intramolecular Hbond substituents is 1. The quantitative estimate of drug-likeness (QED) is 0.476. The van der Waals surface area contributed by atoms with E-state index in [4.69, 9.17) is 14.2 Å². The number of amides is 2. The van der Waals surface area contributed by atoms with Gasteiger partial charge in [-0.1, -0.05) is 6.07 Å². The van der Waals surface area contributed by atoms with Gasteiger partial charge in [0.2, 0.25) is 0 Å². The summed E-state index contributed by atoms with van der Waals surface area (Å²) in [5.41, 5.74) is 0.978. The molecule has 0 spiro atoms. The first kappa shape index (κ1) is 20.8. The number of phenols is 1. The monoisotopic (exact) mass is 390 g/mol. The van der Waals surface area contributed by atoms with Crippen LogP contribution in [-0.4, -0.2) is 49.4 Å². The molecule has 0 radical (unpaired) electrons. The van der Waals surface area contributed by atoms with Crippen molar-refractivity contribution in [3.05, 3.63) is 41.1 Å². The Morgan fingerprint density at radius 1 is 1.29 bits per heavy atom. The third-order valence-corrected chi connectivity index (χ3v) is 3.84. The molecule has 0 saturated heterocycles. The van der Waals surface area contributed by atoms with Gasteiger partial charge in [0.05, 0.1) is 31.0 Å². The Hall–Kier alpha value is -3.49. The zero-order valence-corrected chi connectivity index (χ0v) is 15.8. The van der Waals surface area contributed by atoms with Crippen molar-refractivity contribution < 1.29 is 33.7 Å². The van der Waals surface area contributed by atoms with Crippen LogP contribution in [0.3, 0.4) is 0 Å². The number of methoxy groups -OCH3 is 1. The molecule has 0 fully saturated rings. The molecule has 1 heterocycles. The third-order valence-electron chi connectivity index (χ3n) is 3.84. The fourth-order valence-corrected chi connectivity index (χ4v) is 2.55. The highest BCUT2D eigenvalue weighted by Crippen LogP contribution is 2.26. The molecular formula is C19H22N2O7. The maximum Gasteiger partial charge on any atom is 0.338 e. The number of nitrogens with one attached hydrogen (secondary N) is 2. The van der Waals surface area contributed by atoms with Crippen LogP contribution in [0.1, 0.15) is 19.4 Å². The van der Waals surface area contributed by atoms with Gasteiger partial charge < -0.3 is 30.0 Å². The van der Waals surface area contributed by atoms with Crippen molar-refractivity contribution in [3.63, 3.8) is 0 Å². The lowest BCUT2D eigenvalue weighted by molar-refractivity contribution is -0.140. The molecule has 0 saturated carbocycles. The van der Waals surface area contributed by atoms with E-state index in [2.05, 4.69) is 10.6 Å². The molecule has 1 aliphatic heterocycles. The summed E-state index contributed by atoms with van der Waals surface area (Å²) in [5, 5.41) is 14.6. The first-order valence-corrected chi connectivity index (χ1v) is 8.55. The number of ether oxygens (including phenoxy) is 3. The molecule has 9 nitrogen and oxygen atoms in total. The number of hydrogen-bond acceptors (Lipinski definition) is 7. The Morgan fingerprint density at radius 2 is 2.04 bits per heavy atom. The molecule has 1 atom stereocenters. The van der Waals surface area contributed by atoms with E-state index in [1.807, 2.05) is 0 Å². The van der Waals surface area contributed by atoms with Crippen LogP contribution in [0, 0.1) is 0 Å². The van der Waals surface area contributed by atoms with E-state index < -0.39 is 24.0 Å². The van der Waals surface area contributed by atoms with Gasteiger partial charge in [0, 0.05) is 6.08 Å². The molecule has 0 bridgehead atoms. The number of urea groups is 1. The Morgan fingerprint density at radius 3 is 2.71 bits per heavy atom. The van der Waals surface area contributed by atoms with E-state index in [0.29, 0.717) is 5.56 Å². The zero-order chi connectivity index (χ0) is 20.7. The predicted molar refractivity (Wildman–Crippen MR) is 99.4 cm³/mol. The van der Waals surface area contributed by atoms with Gasteiger partial charge in [0.25, 0.3) is 0 Å². The topological polar surface area (TPSA) is 123 Å². The lowest BCUT2D eigenvalue weighted by Gasteiger charge is -2.26. The number of esters is 2. The molecule has 2 rings (SSSR count). The summed E-state index contributed by atoms with van der Waals surface area (Å²) < 4.78 is 15.1. The normalized spacial score (nSPS) is 16.4. The average Bonchev–Trinajstić information content (AvgIpc) is 2.65. The summed E-state index contributed by atoms with van der Waals surface area (Å²) in [7, 11) is 1.42. The van der Waals surface area contributed by atoms with Crippen molar-refractivity contribution in [1.29, 1.82) is 0 Å². The van der Waals surface area contributed by atoms with Crippen molar-refractivity contribution in [2.75, 3.05) is 20.3 Å². The minimum absolute atomic E-state index is 0.0172. The van der Waals surface area contributed by atoms with Crippen LogP contribution >= 0.6 is 0 Å². The Labute approximate surface area is 162 Å². The zero-order valence-electron chi connectivity index (χ0n) is 15.8. The number of hydrogen-bond donors (Lipinski definition) is 3. The SMILES string of the molecule is CCOC(=O)C1=C(COC(=O)/C=C/c2ccc(O)c(OC)c2)NC(=O)N[C@@H]1C. The number of rotatable bonds is 7. The molecule has 1 aromatic carbocycles. The second kappa shape index (κ2) is 9.45. The first-order valence-electron chi connectivity index (χ1n) is 8.55. The molecule has 150 valence electrons. The summed E-state index contributed by atoms with van der Waals surface area (Å²) >= 11 is 0. The highest BCUT2D eigenvalue weighted by molar-refractivity contribution is 5.95. The van der Waals surface area contributed by atoms with E-state index in [1.165, 1.54) is 25.3 Å². The van der Waals surface area contributed by atoms with Gasteiger partial charge in [-0.2, -0.15) is 0 Å². The molecule has 0 aliphatic carbocycles. The third kappa shape index (κ3) is 5.26. The molecule has 2 amide bonds. The second-order valence-electron chi connectivity index (χ2n) is 5.81. The van der Waals surface area contributed by atoms with Crippen LogP contribution in [0.2, 0.25) is 0 Å². The summed E-state index contributed by atoms with van der Waals surface area (Å²) in [6, 6.07) is 3.50. The number of benzene rings is 1. The van der Waals surface area contributed by atoms with Gasteiger partial charge in [-0.25, -0.2) is 14.4 Å². The van der Waals surface area contributed by atoms with Crippen LogP contribution in [-0.2, 0) is 19.1 Å². The van der Waals surface area contributed by atoms with Crippen LogP contribution in [0.25, 0.3) is 6.08 Å². The average molecular weight is 390 g/mol. The lowest BCUT2D eigenvalue weighted by Crippen LogP contribution is -2.50. The van der Waals surface area contributed by atoms with Gasteiger partial charge in [-0.15, -0.1) is 0 Å². The maximum atomic E-state index is 12.1. The minimum atomic E-state index is -0.678. The van der Waals surface area contributed by atoms with Gasteiger partial charge in [0.1, 0.15) is 6.61 Å². The van der Waals surface area contributed by atoms with Crippen LogP contribution < -0.4 is 15.4 Å². The Bertz CT molecular complexity index is 830. The Balaban J connectivity index is 2.07. The predicted octanol–water partition coefficient (Wildman–Crippen LogP) is 1.48. The molecule has 0 aromatic heterocycles. The standard InChI is InChI=1S/C19H22N2O7/c1-4-27-18(24)17-11(2)20-19(25)21-13(17)10-28-16(23)8-6-12-5-7-14(22)15(9-12)26-3/h5-9,11,22H,4,10H2,1-3H3,(H2,20,21,25)/b8-6+/t11-/m1/s1. The molecule has 0 unspecified atom stereocenters. The smallest absolute Gasteiger partial charge is 0.338 e. The van der Waals surface area contributed by atoms with Crippen molar-refractivity contribution >= 4 is 24.0 Å². The van der Waals surface area contributed by atoms with E-state index in [-0.39, 0.29) is 36.0 Å². The van der Waals surface area contributed by atoms with E-state index in [9.17, 15) is 19.5 Å². The van der Waals surface area contributed by atoms with E-state index in [1.54, 1.807) is 26.0 Å². The minimum Gasteiger partial charge on any atom is -0.504 e. The van der Waals surface area contributed by atoms with Gasteiger partial charge in [-0.3, -0.25) is 0 Å². The van der Waals surface area contributed by atoms with Crippen molar-refractivity contribution in [2.24, 2.45) is 0 Å². The fourth-order valence-electron chi connectivity index (χ4n) is 2.55. The molecule has 1 aromatic rings. The molecule has 9 heteroatoms. The Kier molecular flexibility index (Phi) is 7.02. The van der Waals surface area contributed by atoms with E-state index >= 15 is 0 Å². The van der Waals surface area contributed by atoms with Gasteiger partial charge in [0.15, 0.2) is 11.5 Å². The van der Waals surface area contributed by atoms with Gasteiger partial charge in [-0.05, 0) is 37.6 Å². The van der Waals surface area contributed by atoms with Crippen LogP contribution in [0.15, 0.2) is 35.5 Å².